The van der Waals surface area contributed by atoms with Gasteiger partial charge in [-0.05, 0) is 13.3 Å². The molecule has 0 rings (SSSR count). The van der Waals surface area contributed by atoms with E-state index in [4.69, 9.17) is 29.9 Å². The lowest BCUT2D eigenvalue weighted by molar-refractivity contribution is -0.276. The molecule has 3 unspecified atom stereocenters. The highest BCUT2D eigenvalue weighted by atomic mass is 16.7. The molecule has 0 aliphatic carbocycles. The first-order valence-electron chi connectivity index (χ1n) is 6.44. The van der Waals surface area contributed by atoms with Gasteiger partial charge in [-0.3, -0.25) is 0 Å². The normalized spacial score (nSPS) is 15.4. The lowest BCUT2D eigenvalue weighted by Crippen LogP contribution is -2.43. The van der Waals surface area contributed by atoms with Gasteiger partial charge in [0.15, 0.2) is 6.10 Å². The first-order valence-corrected chi connectivity index (χ1v) is 6.44. The van der Waals surface area contributed by atoms with E-state index in [-0.39, 0.29) is 6.61 Å². The van der Waals surface area contributed by atoms with Crippen LogP contribution in [-0.4, -0.2) is 57.8 Å². The number of hydrogen-bond donors (Lipinski definition) is 4. The molecular formula is C12H26O7. The van der Waals surface area contributed by atoms with E-state index in [9.17, 15) is 4.79 Å². The van der Waals surface area contributed by atoms with E-state index in [1.165, 1.54) is 6.92 Å². The Balaban J connectivity index is 0. The molecular weight excluding hydrogens is 256 g/mol. The lowest BCUT2D eigenvalue weighted by atomic mass is 10.2. The molecule has 19 heavy (non-hydrogen) atoms. The third kappa shape index (κ3) is 9.80. The van der Waals surface area contributed by atoms with Crippen molar-refractivity contribution in [3.05, 3.63) is 0 Å². The first kappa shape index (κ1) is 20.6. The Morgan fingerprint density at radius 1 is 1.21 bits per heavy atom. The van der Waals surface area contributed by atoms with Crippen molar-refractivity contribution in [3.63, 3.8) is 0 Å². The number of aliphatic carboxylic acids is 1. The van der Waals surface area contributed by atoms with E-state index in [1.807, 2.05) is 20.8 Å². The number of carboxylic acid groups (broad SMARTS) is 1. The highest BCUT2D eigenvalue weighted by molar-refractivity contribution is 5.73. The minimum absolute atomic E-state index is 0.213. The highest BCUT2D eigenvalue weighted by Gasteiger charge is 2.30. The molecule has 0 aromatic carbocycles. The standard InChI is InChI=1S/C10H20O7.C2H6/c1-3-4-5-16-10(9(14)15)17-7(6(2)11)8(12)13;1-2/h6-7,9-11,14-15H,3-5H2,1-2H3,(H,12,13);1-2H3. The minimum atomic E-state index is -1.97. The van der Waals surface area contributed by atoms with Crippen LogP contribution in [0.1, 0.15) is 40.5 Å². The smallest absolute Gasteiger partial charge is 0.335 e. The van der Waals surface area contributed by atoms with E-state index >= 15 is 0 Å². The topological polar surface area (TPSA) is 116 Å². The second-order valence-corrected chi connectivity index (χ2v) is 3.64. The summed E-state index contributed by atoms with van der Waals surface area (Å²) in [6, 6.07) is 0. The third-order valence-corrected chi connectivity index (χ3v) is 1.99. The fourth-order valence-electron chi connectivity index (χ4n) is 1.06. The van der Waals surface area contributed by atoms with Gasteiger partial charge in [-0.2, -0.15) is 0 Å². The Hall–Kier alpha value is -0.730. The van der Waals surface area contributed by atoms with Gasteiger partial charge in [-0.15, -0.1) is 0 Å². The van der Waals surface area contributed by atoms with Crippen LogP contribution >= 0.6 is 0 Å². The van der Waals surface area contributed by atoms with Crippen LogP contribution in [0.15, 0.2) is 0 Å². The number of rotatable bonds is 9. The number of ether oxygens (including phenoxy) is 2. The molecule has 0 amide bonds. The summed E-state index contributed by atoms with van der Waals surface area (Å²) < 4.78 is 9.79. The van der Waals surface area contributed by atoms with Gasteiger partial charge < -0.3 is 29.9 Å². The molecule has 7 heteroatoms. The summed E-state index contributed by atoms with van der Waals surface area (Å²) in [6.07, 6.45) is -4.79. The first-order chi connectivity index (χ1) is 8.90. The second kappa shape index (κ2) is 12.3. The number of aliphatic hydroxyl groups is 3. The van der Waals surface area contributed by atoms with Crippen molar-refractivity contribution in [1.29, 1.82) is 0 Å². The van der Waals surface area contributed by atoms with Crippen molar-refractivity contribution in [1.82, 2.24) is 0 Å². The predicted molar refractivity (Wildman–Crippen MR) is 68.4 cm³/mol. The van der Waals surface area contributed by atoms with Crippen molar-refractivity contribution < 1.29 is 34.7 Å². The van der Waals surface area contributed by atoms with Crippen LogP contribution < -0.4 is 0 Å². The zero-order valence-corrected chi connectivity index (χ0v) is 11.9. The maximum absolute atomic E-state index is 10.7. The molecule has 116 valence electrons. The van der Waals surface area contributed by atoms with Gasteiger partial charge in [0.05, 0.1) is 6.10 Å². The van der Waals surface area contributed by atoms with Gasteiger partial charge in [0.1, 0.15) is 0 Å². The summed E-state index contributed by atoms with van der Waals surface area (Å²) in [7, 11) is 0. The predicted octanol–water partition coefficient (Wildman–Crippen LogP) is 0.317. The largest absolute Gasteiger partial charge is 0.479 e. The fourth-order valence-corrected chi connectivity index (χ4v) is 1.06. The zero-order valence-electron chi connectivity index (χ0n) is 11.9. The van der Waals surface area contributed by atoms with Crippen LogP contribution in [0.2, 0.25) is 0 Å². The quantitative estimate of drug-likeness (QED) is 0.355. The number of carboxylic acids is 1. The molecule has 0 saturated heterocycles. The van der Waals surface area contributed by atoms with Gasteiger partial charge in [0.2, 0.25) is 12.6 Å². The molecule has 0 aliphatic heterocycles. The summed E-state index contributed by atoms with van der Waals surface area (Å²) in [4.78, 5) is 10.7. The van der Waals surface area contributed by atoms with Crippen LogP contribution in [0, 0.1) is 0 Å². The van der Waals surface area contributed by atoms with E-state index in [0.29, 0.717) is 6.42 Å². The molecule has 7 nitrogen and oxygen atoms in total. The number of aliphatic hydroxyl groups excluding tert-OH is 2. The van der Waals surface area contributed by atoms with Crippen molar-refractivity contribution in [3.8, 4) is 0 Å². The van der Waals surface area contributed by atoms with E-state index < -0.39 is 30.8 Å². The monoisotopic (exact) mass is 282 g/mol. The van der Waals surface area contributed by atoms with Crippen LogP contribution in [0.3, 0.4) is 0 Å². The Labute approximate surface area is 113 Å². The molecule has 0 aromatic rings. The molecule has 3 atom stereocenters. The summed E-state index contributed by atoms with van der Waals surface area (Å²) >= 11 is 0. The SMILES string of the molecule is CC.CCCCOC(OC(C(=O)O)C(C)O)C(O)O. The molecule has 0 radical (unpaired) electrons. The van der Waals surface area contributed by atoms with Crippen molar-refractivity contribution >= 4 is 5.97 Å². The molecule has 0 aliphatic rings. The lowest BCUT2D eigenvalue weighted by Gasteiger charge is -2.25. The van der Waals surface area contributed by atoms with Crippen molar-refractivity contribution in [2.75, 3.05) is 6.61 Å². The third-order valence-electron chi connectivity index (χ3n) is 1.99. The van der Waals surface area contributed by atoms with Crippen LogP contribution in [0.5, 0.6) is 0 Å². The number of unbranched alkanes of at least 4 members (excludes halogenated alkanes) is 1. The number of hydrogen-bond acceptors (Lipinski definition) is 6. The fraction of sp³-hybridized carbons (Fsp3) is 0.917. The minimum Gasteiger partial charge on any atom is -0.479 e. The van der Waals surface area contributed by atoms with Crippen molar-refractivity contribution in [2.45, 2.75) is 65.3 Å². The van der Waals surface area contributed by atoms with Gasteiger partial charge in [0.25, 0.3) is 0 Å². The van der Waals surface area contributed by atoms with Crippen LogP contribution in [0.4, 0.5) is 0 Å². The molecule has 4 N–H and O–H groups in total. The molecule has 0 fully saturated rings. The molecule has 0 aromatic heterocycles. The average Bonchev–Trinajstić information content (AvgIpc) is 2.34. The van der Waals surface area contributed by atoms with Gasteiger partial charge in [-0.1, -0.05) is 27.2 Å². The molecule has 0 heterocycles. The van der Waals surface area contributed by atoms with Gasteiger partial charge >= 0.3 is 5.97 Å². The van der Waals surface area contributed by atoms with Gasteiger partial charge in [0, 0.05) is 6.61 Å². The summed E-state index contributed by atoms with van der Waals surface area (Å²) in [5.41, 5.74) is 0. The van der Waals surface area contributed by atoms with E-state index in [2.05, 4.69) is 0 Å². The summed E-state index contributed by atoms with van der Waals surface area (Å²) in [5, 5.41) is 35.8. The zero-order chi connectivity index (χ0) is 15.4. The van der Waals surface area contributed by atoms with E-state index in [0.717, 1.165) is 6.42 Å². The Morgan fingerprint density at radius 3 is 2.05 bits per heavy atom. The van der Waals surface area contributed by atoms with E-state index in [1.54, 1.807) is 0 Å². The second-order valence-electron chi connectivity index (χ2n) is 3.64. The summed E-state index contributed by atoms with van der Waals surface area (Å²) in [6.45, 7) is 7.36. The van der Waals surface area contributed by atoms with Crippen LogP contribution in [-0.2, 0) is 14.3 Å². The van der Waals surface area contributed by atoms with Crippen LogP contribution in [0.25, 0.3) is 0 Å². The summed E-state index contributed by atoms with van der Waals surface area (Å²) in [5.74, 6) is -1.40. The maximum atomic E-state index is 10.7. The Kier molecular flexibility index (Phi) is 13.3. The molecule has 0 saturated carbocycles. The average molecular weight is 282 g/mol. The van der Waals surface area contributed by atoms with Gasteiger partial charge in [-0.25, -0.2) is 4.79 Å². The Bertz CT molecular complexity index is 218. The van der Waals surface area contributed by atoms with Crippen molar-refractivity contribution in [2.24, 2.45) is 0 Å². The highest BCUT2D eigenvalue weighted by Crippen LogP contribution is 2.09. The number of carbonyl (C=O) groups is 1. The maximum Gasteiger partial charge on any atom is 0.335 e. The molecule has 0 bridgehead atoms. The molecule has 0 spiro atoms. The Morgan fingerprint density at radius 2 is 1.74 bits per heavy atom.